The molecule has 0 bridgehead atoms. The maximum Gasteiger partial charge on any atom is 0.141 e. The van der Waals surface area contributed by atoms with Crippen LogP contribution in [0.3, 0.4) is 0 Å². The Hall–Kier alpha value is -0.990. The van der Waals surface area contributed by atoms with Crippen molar-refractivity contribution in [3.05, 3.63) is 41.4 Å². The summed E-state index contributed by atoms with van der Waals surface area (Å²) >= 11 is 6.00. The molecule has 2 N–H and O–H groups in total. The van der Waals surface area contributed by atoms with Gasteiger partial charge in [0.15, 0.2) is 0 Å². The number of halogens is 1. The van der Waals surface area contributed by atoms with Crippen molar-refractivity contribution in [2.75, 3.05) is 13.2 Å². The SMILES string of the molecule is C=CCOc1c(Cl)cccc1CCN. The minimum Gasteiger partial charge on any atom is -0.488 e. The van der Waals surface area contributed by atoms with Gasteiger partial charge >= 0.3 is 0 Å². The molecule has 2 nitrogen and oxygen atoms in total. The number of hydrogen-bond donors (Lipinski definition) is 1. The largest absolute Gasteiger partial charge is 0.488 e. The third kappa shape index (κ3) is 2.76. The van der Waals surface area contributed by atoms with Crippen LogP contribution in [0.1, 0.15) is 5.56 Å². The van der Waals surface area contributed by atoms with Gasteiger partial charge < -0.3 is 10.5 Å². The van der Waals surface area contributed by atoms with Gasteiger partial charge in [0.25, 0.3) is 0 Å². The molecule has 0 heterocycles. The van der Waals surface area contributed by atoms with Crippen LogP contribution in [-0.2, 0) is 6.42 Å². The average Bonchev–Trinajstić information content (AvgIpc) is 2.18. The Balaban J connectivity index is 2.89. The van der Waals surface area contributed by atoms with Gasteiger partial charge in [-0.2, -0.15) is 0 Å². The molecule has 0 fully saturated rings. The van der Waals surface area contributed by atoms with Crippen molar-refractivity contribution < 1.29 is 4.74 Å². The van der Waals surface area contributed by atoms with Crippen LogP contribution < -0.4 is 10.5 Å². The summed E-state index contributed by atoms with van der Waals surface area (Å²) in [6, 6.07) is 5.67. The molecule has 0 unspecified atom stereocenters. The monoisotopic (exact) mass is 211 g/mol. The third-order valence-electron chi connectivity index (χ3n) is 1.81. The Morgan fingerprint density at radius 1 is 1.50 bits per heavy atom. The van der Waals surface area contributed by atoms with Gasteiger partial charge in [0, 0.05) is 0 Å². The normalized spacial score (nSPS) is 9.86. The topological polar surface area (TPSA) is 35.2 Å². The van der Waals surface area contributed by atoms with Crippen LogP contribution in [0.5, 0.6) is 5.75 Å². The van der Waals surface area contributed by atoms with Crippen molar-refractivity contribution in [3.63, 3.8) is 0 Å². The number of ether oxygens (including phenoxy) is 1. The van der Waals surface area contributed by atoms with Gasteiger partial charge in [-0.15, -0.1) is 0 Å². The number of hydrogen-bond acceptors (Lipinski definition) is 2. The number of rotatable bonds is 5. The lowest BCUT2D eigenvalue weighted by Gasteiger charge is -2.10. The second kappa shape index (κ2) is 5.68. The van der Waals surface area contributed by atoms with E-state index in [1.807, 2.05) is 12.1 Å². The van der Waals surface area contributed by atoms with Gasteiger partial charge in [0.1, 0.15) is 12.4 Å². The number of para-hydroxylation sites is 1. The molecule has 0 aliphatic heterocycles. The van der Waals surface area contributed by atoms with Crippen LogP contribution in [0.4, 0.5) is 0 Å². The predicted octanol–water partition coefficient (Wildman–Crippen LogP) is 2.41. The summed E-state index contributed by atoms with van der Waals surface area (Å²) in [7, 11) is 0. The summed E-state index contributed by atoms with van der Waals surface area (Å²) < 4.78 is 5.46. The van der Waals surface area contributed by atoms with E-state index in [0.29, 0.717) is 18.2 Å². The summed E-state index contributed by atoms with van der Waals surface area (Å²) in [4.78, 5) is 0. The quantitative estimate of drug-likeness (QED) is 0.760. The van der Waals surface area contributed by atoms with Gasteiger partial charge in [0.2, 0.25) is 0 Å². The lowest BCUT2D eigenvalue weighted by molar-refractivity contribution is 0.359. The Morgan fingerprint density at radius 3 is 2.93 bits per heavy atom. The Kier molecular flexibility index (Phi) is 4.50. The summed E-state index contributed by atoms with van der Waals surface area (Å²) in [6.07, 6.45) is 2.46. The van der Waals surface area contributed by atoms with Crippen LogP contribution in [0, 0.1) is 0 Å². The molecule has 1 aromatic carbocycles. The van der Waals surface area contributed by atoms with E-state index in [4.69, 9.17) is 22.1 Å². The van der Waals surface area contributed by atoms with Gasteiger partial charge in [0.05, 0.1) is 5.02 Å². The fraction of sp³-hybridized carbons (Fsp3) is 0.273. The lowest BCUT2D eigenvalue weighted by atomic mass is 10.1. The van der Waals surface area contributed by atoms with Gasteiger partial charge in [-0.3, -0.25) is 0 Å². The second-order valence-electron chi connectivity index (χ2n) is 2.87. The van der Waals surface area contributed by atoms with E-state index in [9.17, 15) is 0 Å². The zero-order valence-electron chi connectivity index (χ0n) is 8.00. The highest BCUT2D eigenvalue weighted by atomic mass is 35.5. The molecule has 1 rings (SSSR count). The van der Waals surface area contributed by atoms with Gasteiger partial charge in [-0.05, 0) is 24.6 Å². The molecule has 3 heteroatoms. The number of benzene rings is 1. The average molecular weight is 212 g/mol. The van der Waals surface area contributed by atoms with E-state index in [1.165, 1.54) is 0 Å². The summed E-state index contributed by atoms with van der Waals surface area (Å²) in [5.74, 6) is 0.722. The van der Waals surface area contributed by atoms with Crippen molar-refractivity contribution in [1.82, 2.24) is 0 Å². The smallest absolute Gasteiger partial charge is 0.141 e. The highest BCUT2D eigenvalue weighted by molar-refractivity contribution is 6.32. The van der Waals surface area contributed by atoms with E-state index in [0.717, 1.165) is 17.7 Å². The molecule has 0 spiro atoms. The molecule has 76 valence electrons. The van der Waals surface area contributed by atoms with Crippen LogP contribution in [0.15, 0.2) is 30.9 Å². The van der Waals surface area contributed by atoms with Crippen molar-refractivity contribution in [1.29, 1.82) is 0 Å². The molecule has 0 aromatic heterocycles. The van der Waals surface area contributed by atoms with Crippen LogP contribution in [0.2, 0.25) is 5.02 Å². The van der Waals surface area contributed by atoms with E-state index < -0.39 is 0 Å². The van der Waals surface area contributed by atoms with E-state index in [-0.39, 0.29) is 0 Å². The molecular weight excluding hydrogens is 198 g/mol. The fourth-order valence-electron chi connectivity index (χ4n) is 1.21. The summed E-state index contributed by atoms with van der Waals surface area (Å²) in [6.45, 7) is 4.64. The first-order chi connectivity index (χ1) is 6.79. The van der Waals surface area contributed by atoms with Crippen molar-refractivity contribution in [2.24, 2.45) is 5.73 Å². The molecular formula is C11H14ClNO. The van der Waals surface area contributed by atoms with E-state index in [2.05, 4.69) is 6.58 Å². The Labute approximate surface area is 89.3 Å². The lowest BCUT2D eigenvalue weighted by Crippen LogP contribution is -2.05. The molecule has 0 saturated carbocycles. The predicted molar refractivity (Wildman–Crippen MR) is 59.9 cm³/mol. The minimum atomic E-state index is 0.460. The maximum absolute atomic E-state index is 6.00. The fourth-order valence-corrected chi connectivity index (χ4v) is 1.46. The Bertz CT molecular complexity index is 312. The first-order valence-electron chi connectivity index (χ1n) is 4.50. The van der Waals surface area contributed by atoms with Crippen molar-refractivity contribution >= 4 is 11.6 Å². The van der Waals surface area contributed by atoms with Gasteiger partial charge in [-0.25, -0.2) is 0 Å². The zero-order valence-corrected chi connectivity index (χ0v) is 8.76. The molecule has 0 aliphatic carbocycles. The molecule has 1 aromatic rings. The summed E-state index contributed by atoms with van der Waals surface area (Å²) in [5.41, 5.74) is 6.53. The van der Waals surface area contributed by atoms with Crippen molar-refractivity contribution in [2.45, 2.75) is 6.42 Å². The standard InChI is InChI=1S/C11H14ClNO/c1-2-8-14-11-9(6-7-13)4-3-5-10(11)12/h2-5H,1,6-8,13H2. The van der Waals surface area contributed by atoms with E-state index in [1.54, 1.807) is 12.1 Å². The molecule has 0 amide bonds. The summed E-state index contributed by atoms with van der Waals surface area (Å²) in [5, 5.41) is 0.623. The first-order valence-corrected chi connectivity index (χ1v) is 4.88. The van der Waals surface area contributed by atoms with Crippen LogP contribution in [-0.4, -0.2) is 13.2 Å². The Morgan fingerprint density at radius 2 is 2.29 bits per heavy atom. The van der Waals surface area contributed by atoms with Crippen LogP contribution >= 0.6 is 11.6 Å². The minimum absolute atomic E-state index is 0.460. The first kappa shape index (κ1) is 11.1. The zero-order chi connectivity index (χ0) is 10.4. The molecule has 0 atom stereocenters. The third-order valence-corrected chi connectivity index (χ3v) is 2.11. The van der Waals surface area contributed by atoms with E-state index >= 15 is 0 Å². The molecule has 0 radical (unpaired) electrons. The van der Waals surface area contributed by atoms with Gasteiger partial charge in [-0.1, -0.05) is 36.4 Å². The second-order valence-corrected chi connectivity index (χ2v) is 3.27. The highest BCUT2D eigenvalue weighted by Crippen LogP contribution is 2.28. The molecule has 14 heavy (non-hydrogen) atoms. The van der Waals surface area contributed by atoms with Crippen molar-refractivity contribution in [3.8, 4) is 5.75 Å². The molecule has 0 saturated heterocycles. The molecule has 0 aliphatic rings. The maximum atomic E-state index is 6.00. The number of nitrogens with two attached hydrogens (primary N) is 1. The highest BCUT2D eigenvalue weighted by Gasteiger charge is 2.06. The van der Waals surface area contributed by atoms with Crippen LogP contribution in [0.25, 0.3) is 0 Å².